The monoisotopic (exact) mass is 429 g/mol. The molecule has 29 heavy (non-hydrogen) atoms. The summed E-state index contributed by atoms with van der Waals surface area (Å²) in [6.07, 6.45) is 0. The quantitative estimate of drug-likeness (QED) is 0.473. The van der Waals surface area contributed by atoms with Crippen LogP contribution in [0, 0.1) is 0 Å². The van der Waals surface area contributed by atoms with E-state index in [2.05, 4.69) is 15.2 Å². The van der Waals surface area contributed by atoms with Crippen LogP contribution in [0.5, 0.6) is 0 Å². The molecule has 0 aliphatic rings. The third kappa shape index (κ3) is 3.22. The Morgan fingerprint density at radius 1 is 1.07 bits per heavy atom. The van der Waals surface area contributed by atoms with Crippen LogP contribution in [0.4, 0.5) is 5.82 Å². The van der Waals surface area contributed by atoms with Crippen molar-refractivity contribution >= 4 is 44.1 Å². The predicted octanol–water partition coefficient (Wildman–Crippen LogP) is 4.27. The maximum Gasteiger partial charge on any atom is 0.265 e. The fourth-order valence-electron chi connectivity index (χ4n) is 3.30. The number of nitrogens with zero attached hydrogens (tertiary/aromatic N) is 5. The molecule has 2 aromatic carbocycles. The van der Waals surface area contributed by atoms with Gasteiger partial charge in [0.25, 0.3) is 10.0 Å². The van der Waals surface area contributed by atoms with E-state index in [1.165, 1.54) is 16.4 Å². The number of sulfonamides is 1. The van der Waals surface area contributed by atoms with E-state index in [9.17, 15) is 8.42 Å². The van der Waals surface area contributed by atoms with Crippen LogP contribution in [0.3, 0.4) is 0 Å². The van der Waals surface area contributed by atoms with Gasteiger partial charge in [-0.05, 0) is 43.3 Å². The zero-order valence-corrected chi connectivity index (χ0v) is 17.8. The van der Waals surface area contributed by atoms with Gasteiger partial charge >= 0.3 is 0 Å². The largest absolute Gasteiger partial charge is 0.274 e. The van der Waals surface area contributed by atoms with Crippen LogP contribution in [0.1, 0.15) is 32.5 Å². The lowest BCUT2D eigenvalue weighted by molar-refractivity contribution is 0.591. The number of benzene rings is 2. The topological polar surface area (TPSA) is 80.5 Å². The lowest BCUT2D eigenvalue weighted by Gasteiger charge is -2.23. The molecule has 0 bridgehead atoms. The summed E-state index contributed by atoms with van der Waals surface area (Å²) >= 11 is 5.93. The highest BCUT2D eigenvalue weighted by molar-refractivity contribution is 7.92. The average molecular weight is 430 g/mol. The second-order valence-corrected chi connectivity index (χ2v) is 9.22. The van der Waals surface area contributed by atoms with Crippen molar-refractivity contribution in [3.63, 3.8) is 0 Å². The van der Waals surface area contributed by atoms with Gasteiger partial charge in [-0.2, -0.15) is 0 Å². The summed E-state index contributed by atoms with van der Waals surface area (Å²) in [4.78, 5) is 4.79. The fraction of sp³-hybridized carbons (Fsp3) is 0.250. The minimum Gasteiger partial charge on any atom is -0.274 e. The van der Waals surface area contributed by atoms with Crippen molar-refractivity contribution in [3.8, 4) is 0 Å². The Labute approximate surface area is 174 Å². The number of anilines is 1. The predicted molar refractivity (Wildman–Crippen MR) is 114 cm³/mol. The molecule has 0 N–H and O–H groups in total. The van der Waals surface area contributed by atoms with Gasteiger partial charge < -0.3 is 0 Å². The van der Waals surface area contributed by atoms with Crippen LogP contribution in [0.25, 0.3) is 16.7 Å². The molecule has 2 heterocycles. The van der Waals surface area contributed by atoms with Crippen LogP contribution < -0.4 is 4.31 Å². The third-order valence-corrected chi connectivity index (χ3v) is 6.81. The number of hydrogen-bond donors (Lipinski definition) is 0. The van der Waals surface area contributed by atoms with Crippen LogP contribution in [-0.2, 0) is 10.0 Å². The molecular weight excluding hydrogens is 410 g/mol. The smallest absolute Gasteiger partial charge is 0.265 e. The summed E-state index contributed by atoms with van der Waals surface area (Å²) in [6, 6.07) is 13.6. The Kier molecular flexibility index (Phi) is 4.92. The van der Waals surface area contributed by atoms with Crippen molar-refractivity contribution in [3.05, 3.63) is 59.4 Å². The molecule has 0 aliphatic heterocycles. The number of para-hydroxylation sites is 2. The molecule has 150 valence electrons. The minimum atomic E-state index is -3.86. The lowest BCUT2D eigenvalue weighted by Crippen LogP contribution is -2.32. The highest BCUT2D eigenvalue weighted by atomic mass is 35.5. The van der Waals surface area contributed by atoms with Crippen molar-refractivity contribution in [2.45, 2.75) is 31.6 Å². The van der Waals surface area contributed by atoms with Crippen molar-refractivity contribution in [1.29, 1.82) is 0 Å². The van der Waals surface area contributed by atoms with Crippen molar-refractivity contribution < 1.29 is 8.42 Å². The second-order valence-electron chi connectivity index (χ2n) is 6.92. The summed E-state index contributed by atoms with van der Waals surface area (Å²) in [6.45, 7) is 6.00. The van der Waals surface area contributed by atoms with Crippen LogP contribution in [0.15, 0.2) is 53.4 Å². The Hall–Kier alpha value is -2.71. The zero-order valence-electron chi connectivity index (χ0n) is 16.2. The van der Waals surface area contributed by atoms with Gasteiger partial charge in [0.05, 0.1) is 15.9 Å². The molecular formula is C20H20ClN5O2S. The number of halogens is 1. The normalized spacial score (nSPS) is 12.2. The molecule has 0 saturated carbocycles. The van der Waals surface area contributed by atoms with E-state index in [1.54, 1.807) is 19.1 Å². The van der Waals surface area contributed by atoms with Gasteiger partial charge in [0.1, 0.15) is 5.82 Å². The highest BCUT2D eigenvalue weighted by Gasteiger charge is 2.29. The molecule has 4 aromatic rings. The first kappa shape index (κ1) is 19.6. The van der Waals surface area contributed by atoms with Crippen molar-refractivity contribution in [2.24, 2.45) is 0 Å². The van der Waals surface area contributed by atoms with Crippen LogP contribution in [0.2, 0.25) is 5.02 Å². The summed E-state index contributed by atoms with van der Waals surface area (Å²) < 4.78 is 29.9. The van der Waals surface area contributed by atoms with Gasteiger partial charge in [-0.1, -0.05) is 37.6 Å². The molecule has 0 spiro atoms. The zero-order chi connectivity index (χ0) is 20.8. The molecule has 0 atom stereocenters. The molecule has 0 amide bonds. The maximum absolute atomic E-state index is 13.4. The molecule has 0 radical (unpaired) electrons. The summed E-state index contributed by atoms with van der Waals surface area (Å²) in [5.74, 6) is 1.10. The number of hydrogen-bond acceptors (Lipinski definition) is 5. The van der Waals surface area contributed by atoms with Gasteiger partial charge in [-0.25, -0.2) is 17.7 Å². The van der Waals surface area contributed by atoms with Crippen molar-refractivity contribution in [1.82, 2.24) is 19.6 Å². The van der Waals surface area contributed by atoms with E-state index in [4.69, 9.17) is 11.6 Å². The van der Waals surface area contributed by atoms with E-state index >= 15 is 0 Å². The first-order valence-electron chi connectivity index (χ1n) is 9.26. The fourth-order valence-corrected chi connectivity index (χ4v) is 4.85. The third-order valence-electron chi connectivity index (χ3n) is 4.68. The first-order chi connectivity index (χ1) is 13.8. The van der Waals surface area contributed by atoms with Gasteiger partial charge in [-0.3, -0.25) is 4.40 Å². The Morgan fingerprint density at radius 2 is 1.76 bits per heavy atom. The Morgan fingerprint density at radius 3 is 2.41 bits per heavy atom. The van der Waals surface area contributed by atoms with Gasteiger partial charge in [0, 0.05) is 17.5 Å². The standard InChI is InChI=1S/C20H20ClN5O2S/c1-4-25(29(27,28)15-11-9-14(21)10-12-15)19-20-24-23-18(13(2)3)26(20)17-8-6-5-7-16(17)22-19/h5-13H,4H2,1-3H3. The van der Waals surface area contributed by atoms with E-state index in [0.717, 1.165) is 11.3 Å². The van der Waals surface area contributed by atoms with Gasteiger partial charge in [0.15, 0.2) is 5.82 Å². The molecule has 0 fully saturated rings. The van der Waals surface area contributed by atoms with Gasteiger partial charge in [-0.15, -0.1) is 10.2 Å². The highest BCUT2D eigenvalue weighted by Crippen LogP contribution is 2.30. The van der Waals surface area contributed by atoms with E-state index in [-0.39, 0.29) is 23.2 Å². The lowest BCUT2D eigenvalue weighted by atomic mass is 10.2. The number of rotatable bonds is 5. The number of aromatic nitrogens is 4. The van der Waals surface area contributed by atoms with Gasteiger partial charge in [0.2, 0.25) is 5.65 Å². The molecule has 0 unspecified atom stereocenters. The summed E-state index contributed by atoms with van der Waals surface area (Å²) in [5.41, 5.74) is 1.91. The average Bonchev–Trinajstić information content (AvgIpc) is 3.15. The Bertz CT molecular complexity index is 1300. The van der Waals surface area contributed by atoms with Crippen LogP contribution >= 0.6 is 11.6 Å². The Balaban J connectivity index is 2.01. The molecule has 9 heteroatoms. The summed E-state index contributed by atoms with van der Waals surface area (Å²) in [5, 5.41) is 9.10. The molecule has 0 aliphatic carbocycles. The van der Waals surface area contributed by atoms with E-state index < -0.39 is 10.0 Å². The van der Waals surface area contributed by atoms with E-state index in [0.29, 0.717) is 16.2 Å². The molecule has 7 nitrogen and oxygen atoms in total. The molecule has 4 rings (SSSR count). The van der Waals surface area contributed by atoms with E-state index in [1.807, 2.05) is 42.5 Å². The maximum atomic E-state index is 13.4. The summed E-state index contributed by atoms with van der Waals surface area (Å²) in [7, 11) is -3.86. The molecule has 2 aromatic heterocycles. The van der Waals surface area contributed by atoms with Crippen molar-refractivity contribution in [2.75, 3.05) is 10.8 Å². The molecule has 0 saturated heterocycles. The SMILES string of the molecule is CCN(c1nc2ccccc2n2c(C(C)C)nnc12)S(=O)(=O)c1ccc(Cl)cc1. The minimum absolute atomic E-state index is 0.103. The second kappa shape index (κ2) is 7.27. The number of fused-ring (bicyclic) bond motifs is 3. The first-order valence-corrected chi connectivity index (χ1v) is 11.1. The van der Waals surface area contributed by atoms with Crippen LogP contribution in [-0.4, -0.2) is 34.5 Å².